The van der Waals surface area contributed by atoms with Crippen molar-refractivity contribution >= 4 is 40.7 Å². The van der Waals surface area contributed by atoms with Gasteiger partial charge in [0.15, 0.2) is 5.96 Å². The van der Waals surface area contributed by atoms with Crippen LogP contribution in [0.2, 0.25) is 0 Å². The summed E-state index contributed by atoms with van der Waals surface area (Å²) < 4.78 is 47.6. The quantitative estimate of drug-likeness (QED) is 0.377. The van der Waals surface area contributed by atoms with Crippen LogP contribution in [-0.4, -0.2) is 46.5 Å². The zero-order valence-corrected chi connectivity index (χ0v) is 16.0. The number of aliphatic imine (C=N–C) groups is 1. The van der Waals surface area contributed by atoms with E-state index in [1.54, 1.807) is 0 Å². The first-order valence-electron chi connectivity index (χ1n) is 6.53. The molecule has 21 heavy (non-hydrogen) atoms. The van der Waals surface area contributed by atoms with Crippen LogP contribution in [0.5, 0.6) is 0 Å². The van der Waals surface area contributed by atoms with Crippen LogP contribution < -0.4 is 10.6 Å². The zero-order valence-electron chi connectivity index (χ0n) is 12.8. The minimum Gasteiger partial charge on any atom is -0.357 e. The number of hydrogen-bond donors (Lipinski definition) is 2. The average molecular weight is 443 g/mol. The van der Waals surface area contributed by atoms with Gasteiger partial charge in [-0.15, -0.1) is 24.0 Å². The summed E-state index contributed by atoms with van der Waals surface area (Å²) in [5.41, 5.74) is 0. The van der Waals surface area contributed by atoms with Gasteiger partial charge in [-0.3, -0.25) is 9.20 Å². The average Bonchev–Trinajstić information content (AvgIpc) is 2.25. The van der Waals surface area contributed by atoms with Crippen molar-refractivity contribution in [2.45, 2.75) is 45.0 Å². The van der Waals surface area contributed by atoms with E-state index in [1.807, 2.05) is 27.7 Å². The first kappa shape index (κ1) is 23.2. The summed E-state index contributed by atoms with van der Waals surface area (Å²) >= 11 is 0. The van der Waals surface area contributed by atoms with E-state index in [0.29, 0.717) is 24.8 Å². The molecule has 0 spiro atoms. The Morgan fingerprint density at radius 2 is 1.76 bits per heavy atom. The number of nitrogens with one attached hydrogen (secondary N) is 2. The Kier molecular flexibility index (Phi) is 11.7. The molecular weight excluding hydrogens is 418 g/mol. The minimum atomic E-state index is -4.20. The summed E-state index contributed by atoms with van der Waals surface area (Å²) in [7, 11) is -1.00. The molecular formula is C12H25F3IN3OS. The van der Waals surface area contributed by atoms with Crippen LogP contribution in [0.15, 0.2) is 4.99 Å². The number of hydrogen-bond acceptors (Lipinski definition) is 2. The van der Waals surface area contributed by atoms with Crippen molar-refractivity contribution < 1.29 is 17.4 Å². The van der Waals surface area contributed by atoms with E-state index in [1.165, 1.54) is 0 Å². The molecule has 0 aromatic rings. The molecule has 4 nitrogen and oxygen atoms in total. The molecule has 0 aromatic heterocycles. The van der Waals surface area contributed by atoms with Gasteiger partial charge in [0.2, 0.25) is 0 Å². The minimum absolute atomic E-state index is 0. The van der Waals surface area contributed by atoms with E-state index in [9.17, 15) is 17.4 Å². The van der Waals surface area contributed by atoms with Crippen molar-refractivity contribution in [3.63, 3.8) is 0 Å². The van der Waals surface area contributed by atoms with Crippen molar-refractivity contribution in [2.75, 3.05) is 25.4 Å². The van der Waals surface area contributed by atoms with E-state index >= 15 is 0 Å². The van der Waals surface area contributed by atoms with Gasteiger partial charge in [-0.1, -0.05) is 0 Å². The second-order valence-electron chi connectivity index (χ2n) is 5.21. The summed E-state index contributed by atoms with van der Waals surface area (Å²) in [6, 6.07) is 0. The Labute approximate surface area is 144 Å². The first-order chi connectivity index (χ1) is 9.06. The maximum Gasteiger partial charge on any atom is 0.390 e. The van der Waals surface area contributed by atoms with Crippen LogP contribution in [0.25, 0.3) is 0 Å². The highest BCUT2D eigenvalue weighted by atomic mass is 127. The number of nitrogens with zero attached hydrogens (tertiary/aromatic N) is 1. The molecule has 0 radical (unpaired) electrons. The third-order valence-electron chi connectivity index (χ3n) is 2.27. The van der Waals surface area contributed by atoms with Crippen molar-refractivity contribution in [3.8, 4) is 0 Å². The summed E-state index contributed by atoms with van der Waals surface area (Å²) in [4.78, 5) is 3.83. The van der Waals surface area contributed by atoms with Gasteiger partial charge < -0.3 is 10.6 Å². The topological polar surface area (TPSA) is 53.5 Å². The third-order valence-corrected chi connectivity index (χ3v) is 4.21. The lowest BCUT2D eigenvalue weighted by Crippen LogP contribution is -2.40. The molecule has 128 valence electrons. The highest BCUT2D eigenvalue weighted by Crippen LogP contribution is 2.18. The summed E-state index contributed by atoms with van der Waals surface area (Å²) in [5.74, 6) is 0.746. The maximum atomic E-state index is 12.0. The normalized spacial score (nSPS) is 14.3. The summed E-state index contributed by atoms with van der Waals surface area (Å²) in [5, 5.41) is 5.74. The second-order valence-corrected chi connectivity index (χ2v) is 7.54. The number of guanidine groups is 1. The molecule has 0 amide bonds. The molecule has 0 heterocycles. The lowest BCUT2D eigenvalue weighted by atomic mass is 10.3. The Morgan fingerprint density at radius 1 is 1.19 bits per heavy atom. The lowest BCUT2D eigenvalue weighted by molar-refractivity contribution is -0.132. The van der Waals surface area contributed by atoms with Crippen molar-refractivity contribution in [1.29, 1.82) is 0 Å². The third kappa shape index (κ3) is 13.3. The van der Waals surface area contributed by atoms with Gasteiger partial charge in [0, 0.05) is 34.4 Å². The molecule has 0 rings (SSSR count). The van der Waals surface area contributed by atoms with Crippen LogP contribution in [-0.2, 0) is 10.8 Å². The van der Waals surface area contributed by atoms with Gasteiger partial charge in [-0.25, -0.2) is 0 Å². The fourth-order valence-electron chi connectivity index (χ4n) is 1.20. The molecule has 0 aliphatic heterocycles. The Morgan fingerprint density at radius 3 is 2.19 bits per heavy atom. The number of alkyl halides is 3. The molecule has 0 fully saturated rings. The van der Waals surface area contributed by atoms with Crippen molar-refractivity contribution in [2.24, 2.45) is 4.99 Å². The summed E-state index contributed by atoms with van der Waals surface area (Å²) in [6.07, 6.45) is -5.15. The predicted molar refractivity (Wildman–Crippen MR) is 92.8 cm³/mol. The van der Waals surface area contributed by atoms with Gasteiger partial charge >= 0.3 is 6.18 Å². The van der Waals surface area contributed by atoms with Crippen molar-refractivity contribution in [3.05, 3.63) is 0 Å². The molecule has 0 saturated heterocycles. The van der Waals surface area contributed by atoms with E-state index in [0.717, 1.165) is 0 Å². The van der Waals surface area contributed by atoms with E-state index in [2.05, 4.69) is 15.6 Å². The molecule has 1 unspecified atom stereocenters. The van der Waals surface area contributed by atoms with Crippen LogP contribution >= 0.6 is 24.0 Å². The van der Waals surface area contributed by atoms with Crippen LogP contribution in [0, 0.1) is 0 Å². The number of rotatable bonds is 6. The van der Waals surface area contributed by atoms with Crippen LogP contribution in [0.3, 0.4) is 0 Å². The number of halogens is 4. The monoisotopic (exact) mass is 443 g/mol. The lowest BCUT2D eigenvalue weighted by Gasteiger charge is -2.18. The fraction of sp³-hybridized carbons (Fsp3) is 0.917. The van der Waals surface area contributed by atoms with Gasteiger partial charge in [0.25, 0.3) is 0 Å². The molecule has 2 N–H and O–H groups in total. The molecule has 0 saturated carbocycles. The van der Waals surface area contributed by atoms with Crippen LogP contribution in [0.4, 0.5) is 13.2 Å². The smallest absolute Gasteiger partial charge is 0.357 e. The fourth-order valence-corrected chi connectivity index (χ4v) is 2.10. The van der Waals surface area contributed by atoms with E-state index < -0.39 is 23.4 Å². The maximum absolute atomic E-state index is 12.0. The van der Waals surface area contributed by atoms with Gasteiger partial charge in [0.1, 0.15) is 0 Å². The first-order valence-corrected chi connectivity index (χ1v) is 7.85. The van der Waals surface area contributed by atoms with Gasteiger partial charge in [0.05, 0.1) is 13.0 Å². The predicted octanol–water partition coefficient (Wildman–Crippen LogP) is 2.66. The molecule has 9 heteroatoms. The van der Waals surface area contributed by atoms with Crippen molar-refractivity contribution in [1.82, 2.24) is 10.6 Å². The second kappa shape index (κ2) is 10.6. The molecule has 0 bridgehead atoms. The Balaban J connectivity index is 0. The summed E-state index contributed by atoms with van der Waals surface area (Å²) in [6.45, 7) is 8.11. The standard InChI is InChI=1S/C12H24F3N3OS.HI/c1-5-16-10(17-7-6-12(13,14)15)18-8-9-20(19)11(2,3)4;/h5-9H2,1-4H3,(H2,16,17,18);1H. The van der Waals surface area contributed by atoms with Crippen LogP contribution in [0.1, 0.15) is 34.1 Å². The molecule has 0 aromatic carbocycles. The molecule has 1 atom stereocenters. The van der Waals surface area contributed by atoms with E-state index in [-0.39, 0.29) is 35.3 Å². The Bertz CT molecular complexity index is 344. The van der Waals surface area contributed by atoms with Gasteiger partial charge in [-0.05, 0) is 27.7 Å². The largest absolute Gasteiger partial charge is 0.390 e. The Hall–Kier alpha value is -0.0600. The van der Waals surface area contributed by atoms with Gasteiger partial charge in [-0.2, -0.15) is 13.2 Å². The van der Waals surface area contributed by atoms with E-state index in [4.69, 9.17) is 0 Å². The molecule has 0 aliphatic rings. The molecule has 0 aliphatic carbocycles. The zero-order chi connectivity index (χ0) is 15.8. The SMILES string of the molecule is CCNC(=NCCC(F)(F)F)NCCS(=O)C(C)(C)C.I. The highest BCUT2D eigenvalue weighted by Gasteiger charge is 2.26. The highest BCUT2D eigenvalue weighted by molar-refractivity contribution is 14.0.